The molecule has 2 amide bonds. The summed E-state index contributed by atoms with van der Waals surface area (Å²) in [6, 6.07) is 0. The molecule has 7 radical (unpaired) electrons. The molecule has 11 nitrogen and oxygen atoms in total. The van der Waals surface area contributed by atoms with E-state index in [1.165, 1.54) is 173 Å². The van der Waals surface area contributed by atoms with Crippen molar-refractivity contribution in [1.82, 2.24) is 6.15 Å². The molecule has 0 aromatic heterocycles. The number of primary amides is 1. The number of carbonyl (C=O) groups excluding carboxylic acids is 6. The van der Waals surface area contributed by atoms with E-state index >= 15 is 0 Å². The van der Waals surface area contributed by atoms with Gasteiger partial charge < -0.3 is 110 Å². The summed E-state index contributed by atoms with van der Waals surface area (Å²) in [5.41, 5.74) is 5.00. The first-order valence-electron chi connectivity index (χ1n) is 36.5. The van der Waals surface area contributed by atoms with E-state index in [4.69, 9.17) is 15.9 Å². The van der Waals surface area contributed by atoms with Crippen LogP contribution in [0.2, 0.25) is 0 Å². The first kappa shape index (κ1) is 201. The molecule has 110 heavy (non-hydrogen) atoms. The Labute approximate surface area is 926 Å². The first-order chi connectivity index (χ1) is 48.3. The number of nitrogens with two attached hydrogens (primary N) is 1. The van der Waals surface area contributed by atoms with Crippen molar-refractivity contribution in [2.75, 3.05) is 80.5 Å². The van der Waals surface area contributed by atoms with Gasteiger partial charge in [-0.25, -0.2) is 4.79 Å². The van der Waals surface area contributed by atoms with Gasteiger partial charge in [0.1, 0.15) is 5.78 Å². The van der Waals surface area contributed by atoms with Crippen LogP contribution in [0, 0.1) is 77.2 Å². The normalized spacial score (nSPS) is 7.65. The number of Topliss-reactive ketones (excluding diaryl/α,β-unsaturated/α-hetero) is 2. The maximum absolute atomic E-state index is 10.7. The van der Waals surface area contributed by atoms with Gasteiger partial charge in [0, 0.05) is 323 Å². The van der Waals surface area contributed by atoms with Gasteiger partial charge in [0.2, 0.25) is 12.0 Å². The maximum atomic E-state index is 10.7. The van der Waals surface area contributed by atoms with Crippen molar-refractivity contribution in [1.29, 1.82) is 0 Å². The van der Waals surface area contributed by atoms with Crippen molar-refractivity contribution < 1.29 is 263 Å². The molecular formula is C78H174N4O7S14Y7-12. The van der Waals surface area contributed by atoms with Crippen LogP contribution < -0.4 is 11.9 Å². The third kappa shape index (κ3) is 350. The van der Waals surface area contributed by atoms with Crippen LogP contribution >= 0.6 is 151 Å². The van der Waals surface area contributed by atoms with E-state index in [0.29, 0.717) is 31.1 Å². The second-order valence-electron chi connectivity index (χ2n) is 17.0. The van der Waals surface area contributed by atoms with Gasteiger partial charge in [0.05, 0.1) is 0 Å². The summed E-state index contributed by atoms with van der Waals surface area (Å²) in [6.45, 7) is 71.7. The Morgan fingerprint density at radius 3 is 0.673 bits per heavy atom. The van der Waals surface area contributed by atoms with Gasteiger partial charge in [-0.15, -0.1) is 4.99 Å². The minimum Gasteiger partial charge on any atom is -0.724 e. The van der Waals surface area contributed by atoms with Gasteiger partial charge >= 0.3 is 0 Å². The number of rotatable bonds is 51. The average Bonchev–Trinajstić information content (AvgIpc) is 1.12. The number of nitrogens with zero attached hydrogens (tertiary/aromatic N) is 2. The Hall–Kier alpha value is 9.66. The number of isocyanates is 2. The fourth-order valence-corrected chi connectivity index (χ4v) is 20.3. The number of amides is 2. The van der Waals surface area contributed by atoms with Gasteiger partial charge in [-0.2, -0.15) is 54.9 Å². The molecule has 0 bridgehead atoms. The molecule has 0 aromatic rings. The zero-order valence-corrected chi connectivity index (χ0v) is 107. The van der Waals surface area contributed by atoms with Crippen LogP contribution in [0.4, 0.5) is 0 Å². The molecule has 0 spiro atoms. The first-order valence-corrected chi connectivity index (χ1v) is 53.9. The number of hydrogen-bond acceptors (Lipinski definition) is 21. The Balaban J connectivity index is -0.0000000259. The van der Waals surface area contributed by atoms with Crippen molar-refractivity contribution in [2.45, 2.75) is 312 Å². The predicted octanol–water partition coefficient (Wildman–Crippen LogP) is 31.1. The van der Waals surface area contributed by atoms with Crippen molar-refractivity contribution in [3.05, 3.63) is 82.6 Å². The Morgan fingerprint density at radius 2 is 0.509 bits per heavy atom. The van der Waals surface area contributed by atoms with Crippen molar-refractivity contribution in [3.8, 4) is 0 Å². The fourth-order valence-electron chi connectivity index (χ4n) is 4.00. The topological polar surface area (TPSA) is 230 Å². The van der Waals surface area contributed by atoms with Crippen LogP contribution in [0.25, 0.3) is 5.41 Å². The minimum absolute atomic E-state index is 0. The summed E-state index contributed by atoms with van der Waals surface area (Å²) in [5.74, 6) is 16.7. The Kier molecular flexibility index (Phi) is 484. The van der Waals surface area contributed by atoms with Crippen LogP contribution in [0.15, 0.2) is 4.99 Å². The molecule has 0 rings (SSSR count). The SMILES string of the molecule is CC.CC.CCCCSSCCC.CCCCSSCCCC.CCCCSSCCCC(=O)N=C=O.CCCCSSCCCC(C)=O.CCCCSSCCCC(N)=O.N.O.[CH2-]C.[CH2-]C.[CH2-]C.[CH2-]C.[CH2-]C.[CH2-]C.[CH2-]C.[CH2-]C(=O)CCCSSCCCC.[CH2-]CCSSCCCC.[CH3-].[CH3-].[N-]=C=O.[Y].[Y].[Y].[Y].[Y].[Y].[Y]. The molecule has 0 saturated heterocycles. The van der Waals surface area contributed by atoms with E-state index in [0.717, 1.165) is 61.5 Å². The maximum Gasteiger partial charge on any atom is 0.256 e. The molecule has 0 aromatic carbocycles. The predicted molar refractivity (Wildman–Crippen MR) is 525 cm³/mol. The van der Waals surface area contributed by atoms with Crippen LogP contribution in [0.5, 0.6) is 0 Å². The molecule has 0 atom stereocenters. The average molecular weight is 2350 g/mol. The molecule has 0 aliphatic heterocycles. The van der Waals surface area contributed by atoms with E-state index in [-0.39, 0.29) is 273 Å². The van der Waals surface area contributed by atoms with E-state index in [1.54, 1.807) is 66.2 Å². The molecule has 0 saturated carbocycles. The minimum atomic E-state index is -0.362. The zero-order chi connectivity index (χ0) is 80.6. The second-order valence-corrected chi connectivity index (χ2v) is 35.9. The Bertz CT molecular complexity index is 1220. The van der Waals surface area contributed by atoms with Gasteiger partial charge in [-0.1, -0.05) is 292 Å². The number of aliphatic imine (C=N–C) groups is 1. The molecular weight excluding hydrogens is 2180 g/mol. The zero-order valence-electron chi connectivity index (χ0n) is 75.5. The van der Waals surface area contributed by atoms with E-state index in [2.05, 4.69) is 130 Å². The van der Waals surface area contributed by atoms with Crippen molar-refractivity contribution in [2.24, 2.45) is 10.7 Å². The standard InChI is InChI=1S/C9H15NO2S2.C9H18OS2.C9H17OS2.C8H17NOS2.C8H18S2.C7H16S2.C7H15S2.2C2H6.7C2H5.CNO.2CH3.H3N.H2O.7Y/c1-2-3-6-13-14-7-4-5-9(12)10-8-11;2*1-3-4-7-11-12-8-5-6-9(2)10;1-2-3-6-11-12-7-4-5-8(9)10;1-3-5-7-9-10-8-6-4-2;2*1-3-5-7-9-8-6-4-2;9*1-2;2-1-3;;;;;;;;;;;/h2-7H2,1H3;3-8H2,1-2H3;2-8H2,1H3;2-7H2,1H3,(H2,9,10);3-8H2,1-2H3;3-7H2,1-2H3;2-7H2,1H3;2*1-2H3;7*1H2,2H3;;3*1H3;1H2;;;;;;;/q;;-1;;;;-1;;;10*-1;;;;;;;;;. The molecule has 7 N–H and O–H groups in total. The van der Waals surface area contributed by atoms with Crippen LogP contribution in [0.1, 0.15) is 312 Å². The third-order valence-electron chi connectivity index (χ3n) is 8.63. The second kappa shape index (κ2) is 265. The summed E-state index contributed by atoms with van der Waals surface area (Å²) < 4.78 is 0. The van der Waals surface area contributed by atoms with Gasteiger partial charge in [-0.3, -0.25) is 14.4 Å². The van der Waals surface area contributed by atoms with Crippen LogP contribution in [-0.4, -0.2) is 122 Å². The van der Waals surface area contributed by atoms with Gasteiger partial charge in [0.25, 0.3) is 5.91 Å². The molecule has 665 valence electrons. The third-order valence-corrected chi connectivity index (χ3v) is 26.8. The van der Waals surface area contributed by atoms with E-state index in [1.807, 2.05) is 168 Å². The van der Waals surface area contributed by atoms with Crippen molar-refractivity contribution in [3.63, 3.8) is 0 Å². The number of unbranched alkanes of at least 4 members (excludes halogenated alkanes) is 8. The molecule has 0 fully saturated rings. The van der Waals surface area contributed by atoms with Crippen LogP contribution in [0.3, 0.4) is 0 Å². The monoisotopic (exact) mass is 2350 g/mol. The summed E-state index contributed by atoms with van der Waals surface area (Å²) in [6.07, 6.45) is 31.1. The van der Waals surface area contributed by atoms with Crippen LogP contribution in [-0.2, 0) is 258 Å². The van der Waals surface area contributed by atoms with E-state index in [9.17, 15) is 24.0 Å². The summed E-state index contributed by atoms with van der Waals surface area (Å²) in [7, 11) is 27.0. The molecule has 0 aliphatic rings. The summed E-state index contributed by atoms with van der Waals surface area (Å²) in [5, 5.41) is 6.76. The smallest absolute Gasteiger partial charge is 0.256 e. The van der Waals surface area contributed by atoms with Gasteiger partial charge in [0.15, 0.2) is 0 Å². The van der Waals surface area contributed by atoms with Gasteiger partial charge in [-0.05, 0) is 114 Å². The fraction of sp³-hybridized carbons (Fsp3) is 0.782. The Morgan fingerprint density at radius 1 is 0.336 bits per heavy atom. The molecule has 0 aliphatic carbocycles. The van der Waals surface area contributed by atoms with E-state index < -0.39 is 0 Å². The number of hydrogen-bond donors (Lipinski definition) is 2. The molecule has 0 heterocycles. The largest absolute Gasteiger partial charge is 0.724 e. The molecule has 0 unspecified atom stereocenters. The summed E-state index contributed by atoms with van der Waals surface area (Å²) in [4.78, 5) is 63.0. The van der Waals surface area contributed by atoms with Crippen molar-refractivity contribution >= 4 is 187 Å². The molecule has 32 heteroatoms. The number of ketones is 2. The summed E-state index contributed by atoms with van der Waals surface area (Å²) >= 11 is 0. The quantitative estimate of drug-likeness (QED) is 0.0190. The number of carbonyl (C=O) groups is 4.